The van der Waals surface area contributed by atoms with E-state index < -0.39 is 23.3 Å². The molecule has 0 unspecified atom stereocenters. The Labute approximate surface area is 216 Å². The second-order valence-corrected chi connectivity index (χ2v) is 9.73. The van der Waals surface area contributed by atoms with Gasteiger partial charge in [-0.3, -0.25) is 0 Å². The summed E-state index contributed by atoms with van der Waals surface area (Å²) in [6.07, 6.45) is 9.62. The van der Waals surface area contributed by atoms with Crippen LogP contribution in [-0.2, 0) is 0 Å². The molecule has 0 aromatic heterocycles. The van der Waals surface area contributed by atoms with Crippen LogP contribution in [0.25, 0.3) is 17.2 Å². The molecule has 3 aromatic carbocycles. The van der Waals surface area contributed by atoms with Crippen molar-refractivity contribution in [3.05, 3.63) is 107 Å². The Bertz CT molecular complexity index is 1250. The molecule has 0 radical (unpaired) electrons. The number of unbranched alkanes of at least 4 members (excludes halogenated alkanes) is 1. The van der Waals surface area contributed by atoms with Crippen molar-refractivity contribution in [2.45, 2.75) is 51.4 Å². The van der Waals surface area contributed by atoms with Gasteiger partial charge >= 0.3 is 0 Å². The Morgan fingerprint density at radius 2 is 1.57 bits per heavy atom. The lowest BCUT2D eigenvalue weighted by Crippen LogP contribution is -2.14. The molecule has 4 rings (SSSR count). The first-order valence-corrected chi connectivity index (χ1v) is 12.8. The number of rotatable bonds is 9. The van der Waals surface area contributed by atoms with Crippen molar-refractivity contribution in [3.63, 3.8) is 0 Å². The Morgan fingerprint density at radius 1 is 0.838 bits per heavy atom. The lowest BCUT2D eigenvalue weighted by Gasteiger charge is -2.27. The summed E-state index contributed by atoms with van der Waals surface area (Å²) in [5.74, 6) is -3.50. The predicted molar refractivity (Wildman–Crippen MR) is 142 cm³/mol. The van der Waals surface area contributed by atoms with Gasteiger partial charge < -0.3 is 4.74 Å². The maximum Gasteiger partial charge on any atom is 0.200 e. The molecule has 5 heteroatoms. The van der Waals surface area contributed by atoms with E-state index >= 15 is 0 Å². The SMILES string of the molecule is C=CCCCOc1ccc(C2CCC(/C=C/c3ccc(-c4ccc(C)cc4)c(F)c3F)CC2)c(F)c1F. The molecule has 1 fully saturated rings. The molecule has 0 saturated heterocycles. The van der Waals surface area contributed by atoms with Crippen molar-refractivity contribution in [2.24, 2.45) is 5.92 Å². The van der Waals surface area contributed by atoms with Crippen molar-refractivity contribution < 1.29 is 22.3 Å². The van der Waals surface area contributed by atoms with Crippen molar-refractivity contribution in [1.82, 2.24) is 0 Å². The molecule has 1 aliphatic carbocycles. The average molecular weight is 509 g/mol. The average Bonchev–Trinajstić information content (AvgIpc) is 2.91. The highest BCUT2D eigenvalue weighted by atomic mass is 19.2. The van der Waals surface area contributed by atoms with Gasteiger partial charge in [0.2, 0.25) is 5.82 Å². The number of halogens is 4. The fraction of sp³-hybridized carbons (Fsp3) is 0.312. The number of aryl methyl sites for hydroxylation is 1. The summed E-state index contributed by atoms with van der Waals surface area (Å²) in [6, 6.07) is 13.6. The topological polar surface area (TPSA) is 9.23 Å². The molecule has 0 bridgehead atoms. The lowest BCUT2D eigenvalue weighted by atomic mass is 9.78. The van der Waals surface area contributed by atoms with E-state index in [0.717, 1.165) is 24.8 Å². The maximum atomic E-state index is 14.8. The van der Waals surface area contributed by atoms with Gasteiger partial charge in [-0.1, -0.05) is 66.3 Å². The van der Waals surface area contributed by atoms with Gasteiger partial charge in [-0.25, -0.2) is 13.2 Å². The van der Waals surface area contributed by atoms with Crippen molar-refractivity contribution >= 4 is 6.08 Å². The van der Waals surface area contributed by atoms with E-state index in [1.54, 1.807) is 42.5 Å². The molecule has 0 N–H and O–H groups in total. The second kappa shape index (κ2) is 12.3. The number of hydrogen-bond donors (Lipinski definition) is 0. The molecular formula is C32H32F4O. The first-order chi connectivity index (χ1) is 17.9. The third kappa shape index (κ3) is 6.33. The molecule has 1 saturated carbocycles. The van der Waals surface area contributed by atoms with E-state index in [4.69, 9.17) is 4.74 Å². The quantitative estimate of drug-likeness (QED) is 0.159. The Hall–Kier alpha value is -3.34. The lowest BCUT2D eigenvalue weighted by molar-refractivity contribution is 0.288. The zero-order valence-corrected chi connectivity index (χ0v) is 21.1. The standard InChI is InChI=1S/C32H32F4O/c1-3-4-5-20-37-28-19-18-27(31(35)32(28)36)24-13-8-22(9-14-24)10-15-25-16-17-26(30(34)29(25)33)23-11-6-21(2)7-12-23/h3,6-7,10-12,15-19,22,24H,1,4-5,8-9,13-14,20H2,2H3/b15-10+. The van der Waals surface area contributed by atoms with E-state index in [-0.39, 0.29) is 28.7 Å². The van der Waals surface area contributed by atoms with Crippen LogP contribution in [0.15, 0.2) is 67.3 Å². The third-order valence-electron chi connectivity index (χ3n) is 7.12. The summed E-state index contributed by atoms with van der Waals surface area (Å²) in [5.41, 5.74) is 2.49. The largest absolute Gasteiger partial charge is 0.490 e. The van der Waals surface area contributed by atoms with Crippen LogP contribution >= 0.6 is 0 Å². The van der Waals surface area contributed by atoms with Gasteiger partial charge in [-0.05, 0) is 74.5 Å². The Morgan fingerprint density at radius 3 is 2.27 bits per heavy atom. The van der Waals surface area contributed by atoms with E-state index in [9.17, 15) is 17.6 Å². The van der Waals surface area contributed by atoms with Crippen molar-refractivity contribution in [3.8, 4) is 16.9 Å². The van der Waals surface area contributed by atoms with Crippen LogP contribution in [0, 0.1) is 36.1 Å². The number of hydrogen-bond acceptors (Lipinski definition) is 1. The normalized spacial score (nSPS) is 17.8. The first kappa shape index (κ1) is 26.7. The number of ether oxygens (including phenoxy) is 1. The van der Waals surface area contributed by atoms with Crippen molar-refractivity contribution in [1.29, 1.82) is 0 Å². The molecule has 0 spiro atoms. The van der Waals surface area contributed by atoms with E-state index in [1.807, 2.05) is 25.1 Å². The van der Waals surface area contributed by atoms with E-state index in [2.05, 4.69) is 6.58 Å². The summed E-state index contributed by atoms with van der Waals surface area (Å²) in [7, 11) is 0. The zero-order valence-electron chi connectivity index (χ0n) is 21.1. The zero-order chi connectivity index (χ0) is 26.4. The first-order valence-electron chi connectivity index (χ1n) is 12.8. The molecule has 0 aliphatic heterocycles. The number of benzene rings is 3. The van der Waals surface area contributed by atoms with Crippen LogP contribution in [0.5, 0.6) is 5.75 Å². The van der Waals surface area contributed by atoms with E-state index in [0.29, 0.717) is 37.0 Å². The van der Waals surface area contributed by atoms with Gasteiger partial charge in [0.1, 0.15) is 0 Å². The van der Waals surface area contributed by atoms with Gasteiger partial charge in [-0.2, -0.15) is 4.39 Å². The number of allylic oxidation sites excluding steroid dienone is 2. The minimum Gasteiger partial charge on any atom is -0.490 e. The predicted octanol–water partition coefficient (Wildman–Crippen LogP) is 9.55. The van der Waals surface area contributed by atoms with Crippen LogP contribution < -0.4 is 4.74 Å². The second-order valence-electron chi connectivity index (χ2n) is 9.73. The summed E-state index contributed by atoms with van der Waals surface area (Å²) in [6.45, 7) is 5.87. The highest BCUT2D eigenvalue weighted by Crippen LogP contribution is 2.39. The van der Waals surface area contributed by atoms with Gasteiger partial charge in [0, 0.05) is 11.1 Å². The fourth-order valence-corrected chi connectivity index (χ4v) is 4.89. The maximum absolute atomic E-state index is 14.8. The molecule has 0 amide bonds. The highest BCUT2D eigenvalue weighted by molar-refractivity contribution is 5.67. The van der Waals surface area contributed by atoms with Crippen molar-refractivity contribution in [2.75, 3.05) is 6.61 Å². The molecule has 194 valence electrons. The van der Waals surface area contributed by atoms with Gasteiger partial charge in [0.25, 0.3) is 0 Å². The minimum atomic E-state index is -0.940. The highest BCUT2D eigenvalue weighted by Gasteiger charge is 2.26. The molecular weight excluding hydrogens is 476 g/mol. The van der Waals surface area contributed by atoms with E-state index in [1.165, 1.54) is 6.07 Å². The molecule has 0 atom stereocenters. The van der Waals surface area contributed by atoms with Crippen LogP contribution in [0.4, 0.5) is 17.6 Å². The minimum absolute atomic E-state index is 0.0652. The van der Waals surface area contributed by atoms with Crippen LogP contribution in [0.1, 0.15) is 61.1 Å². The third-order valence-corrected chi connectivity index (χ3v) is 7.12. The Balaban J connectivity index is 1.37. The summed E-state index contributed by atoms with van der Waals surface area (Å²) in [5, 5.41) is 0. The molecule has 1 aliphatic rings. The molecule has 3 aromatic rings. The molecule has 1 nitrogen and oxygen atoms in total. The summed E-state index contributed by atoms with van der Waals surface area (Å²) < 4.78 is 64.2. The fourth-order valence-electron chi connectivity index (χ4n) is 4.89. The van der Waals surface area contributed by atoms with Crippen LogP contribution in [-0.4, -0.2) is 6.61 Å². The van der Waals surface area contributed by atoms with Gasteiger partial charge in [-0.15, -0.1) is 6.58 Å². The summed E-state index contributed by atoms with van der Waals surface area (Å²) >= 11 is 0. The molecule has 37 heavy (non-hydrogen) atoms. The summed E-state index contributed by atoms with van der Waals surface area (Å²) in [4.78, 5) is 0. The monoisotopic (exact) mass is 508 g/mol. The molecule has 0 heterocycles. The Kier molecular flexibility index (Phi) is 8.86. The van der Waals surface area contributed by atoms with Gasteiger partial charge in [0.05, 0.1) is 6.61 Å². The van der Waals surface area contributed by atoms with Crippen LogP contribution in [0.3, 0.4) is 0 Å². The smallest absolute Gasteiger partial charge is 0.200 e. The van der Waals surface area contributed by atoms with Crippen LogP contribution in [0.2, 0.25) is 0 Å². The van der Waals surface area contributed by atoms with Gasteiger partial charge in [0.15, 0.2) is 23.2 Å².